The van der Waals surface area contributed by atoms with Crippen molar-refractivity contribution in [3.05, 3.63) is 23.8 Å². The van der Waals surface area contributed by atoms with E-state index >= 15 is 0 Å². The van der Waals surface area contributed by atoms with Gasteiger partial charge in [-0.15, -0.1) is 0 Å². The molecule has 7 N–H and O–H groups in total. The predicted octanol–water partition coefficient (Wildman–Crippen LogP) is -0.387. The highest BCUT2D eigenvalue weighted by atomic mass is 16.5. The molecule has 0 saturated carbocycles. The molecule has 0 saturated heterocycles. The van der Waals surface area contributed by atoms with Crippen LogP contribution in [0.3, 0.4) is 0 Å². The minimum absolute atomic E-state index is 0.0375. The second kappa shape index (κ2) is 5.53. The van der Waals surface area contributed by atoms with Gasteiger partial charge in [0.2, 0.25) is 5.96 Å². The molecule has 96 valence electrons. The van der Waals surface area contributed by atoms with Crippen LogP contribution in [0.1, 0.15) is 10.4 Å². The van der Waals surface area contributed by atoms with E-state index in [4.69, 9.17) is 27.0 Å². The van der Waals surface area contributed by atoms with Gasteiger partial charge >= 0.3 is 5.97 Å². The summed E-state index contributed by atoms with van der Waals surface area (Å²) >= 11 is 0. The number of guanidine groups is 2. The van der Waals surface area contributed by atoms with E-state index in [1.807, 2.05) is 0 Å². The van der Waals surface area contributed by atoms with E-state index in [-0.39, 0.29) is 23.2 Å². The van der Waals surface area contributed by atoms with Gasteiger partial charge in [-0.3, -0.25) is 0 Å². The van der Waals surface area contributed by atoms with Gasteiger partial charge in [0, 0.05) is 6.07 Å². The largest absolute Gasteiger partial charge is 0.497 e. The van der Waals surface area contributed by atoms with Gasteiger partial charge in [0.15, 0.2) is 5.96 Å². The van der Waals surface area contributed by atoms with Crippen LogP contribution in [0.25, 0.3) is 0 Å². The first-order valence-electron chi connectivity index (χ1n) is 4.79. The molecule has 0 spiro atoms. The number of nitrogens with two attached hydrogens (primary N) is 3. The fraction of sp³-hybridized carbons (Fsp3) is 0.100. The minimum Gasteiger partial charge on any atom is -0.497 e. The van der Waals surface area contributed by atoms with Gasteiger partial charge in [0.1, 0.15) is 5.75 Å². The monoisotopic (exact) mass is 251 g/mol. The molecular weight excluding hydrogens is 238 g/mol. The van der Waals surface area contributed by atoms with Crippen molar-refractivity contribution >= 4 is 23.6 Å². The molecular formula is C10H13N5O3. The van der Waals surface area contributed by atoms with Gasteiger partial charge in [-0.1, -0.05) is 0 Å². The number of ether oxygens (including phenoxy) is 1. The van der Waals surface area contributed by atoms with Crippen molar-refractivity contribution in [2.75, 3.05) is 7.11 Å². The summed E-state index contributed by atoms with van der Waals surface area (Å²) in [5, 5.41) is 8.99. The van der Waals surface area contributed by atoms with Crippen LogP contribution in [-0.4, -0.2) is 30.1 Å². The standard InChI is InChI=1S/C10H13N5O3/c1-18-5-2-3-6(8(16)17)7(4-5)14-10(13)15-9(11)12/h2-4H,1H3,(H,16,17)(H6,11,12,13,14,15). The molecule has 0 aliphatic rings. The van der Waals surface area contributed by atoms with Crippen molar-refractivity contribution in [3.63, 3.8) is 0 Å². The zero-order valence-electron chi connectivity index (χ0n) is 9.62. The Morgan fingerprint density at radius 2 is 2.00 bits per heavy atom. The molecule has 8 nitrogen and oxygen atoms in total. The van der Waals surface area contributed by atoms with Crippen LogP contribution in [0.15, 0.2) is 28.2 Å². The van der Waals surface area contributed by atoms with Crippen LogP contribution in [0, 0.1) is 0 Å². The van der Waals surface area contributed by atoms with E-state index in [1.54, 1.807) is 0 Å². The summed E-state index contributed by atoms with van der Waals surface area (Å²) in [4.78, 5) is 18.3. The Morgan fingerprint density at radius 3 is 2.50 bits per heavy atom. The van der Waals surface area contributed by atoms with E-state index in [0.29, 0.717) is 5.75 Å². The zero-order chi connectivity index (χ0) is 13.7. The maximum Gasteiger partial charge on any atom is 0.337 e. The number of hydrogen-bond acceptors (Lipinski definition) is 3. The Bertz CT molecular complexity index is 520. The molecule has 0 unspecified atom stereocenters. The van der Waals surface area contributed by atoms with E-state index in [0.717, 1.165) is 0 Å². The number of aliphatic imine (C=N–C) groups is 2. The van der Waals surface area contributed by atoms with E-state index in [2.05, 4.69) is 9.98 Å². The van der Waals surface area contributed by atoms with Crippen LogP contribution >= 0.6 is 0 Å². The molecule has 0 amide bonds. The number of nitrogens with zero attached hydrogens (tertiary/aromatic N) is 2. The van der Waals surface area contributed by atoms with Gasteiger partial charge in [-0.2, -0.15) is 4.99 Å². The molecule has 0 bridgehead atoms. The number of carbonyl (C=O) groups is 1. The molecule has 8 heteroatoms. The van der Waals surface area contributed by atoms with E-state index in [9.17, 15) is 4.79 Å². The third-order valence-electron chi connectivity index (χ3n) is 1.91. The third-order valence-corrected chi connectivity index (χ3v) is 1.91. The minimum atomic E-state index is -1.14. The molecule has 1 aromatic carbocycles. The summed E-state index contributed by atoms with van der Waals surface area (Å²) in [5.41, 5.74) is 15.8. The van der Waals surface area contributed by atoms with Crippen molar-refractivity contribution in [1.82, 2.24) is 0 Å². The Balaban J connectivity index is 3.28. The topological polar surface area (TPSA) is 149 Å². The maximum atomic E-state index is 11.0. The van der Waals surface area contributed by atoms with E-state index in [1.165, 1.54) is 25.3 Å². The average Bonchev–Trinajstić information content (AvgIpc) is 2.27. The summed E-state index contributed by atoms with van der Waals surface area (Å²) in [6, 6.07) is 4.26. The Morgan fingerprint density at radius 1 is 1.33 bits per heavy atom. The van der Waals surface area contributed by atoms with Crippen molar-refractivity contribution in [3.8, 4) is 5.75 Å². The van der Waals surface area contributed by atoms with Crippen LogP contribution < -0.4 is 21.9 Å². The van der Waals surface area contributed by atoms with Gasteiger partial charge in [0.05, 0.1) is 18.4 Å². The quantitative estimate of drug-likeness (QED) is 0.424. The van der Waals surface area contributed by atoms with Gasteiger partial charge in [0.25, 0.3) is 0 Å². The number of aromatic carboxylic acids is 1. The lowest BCUT2D eigenvalue weighted by atomic mass is 10.2. The molecule has 0 aliphatic carbocycles. The van der Waals surface area contributed by atoms with Crippen molar-refractivity contribution < 1.29 is 14.6 Å². The highest BCUT2D eigenvalue weighted by Gasteiger charge is 2.11. The summed E-state index contributed by atoms with van der Waals surface area (Å²) in [5.74, 6) is -1.22. The number of carboxylic acid groups (broad SMARTS) is 1. The molecule has 0 heterocycles. The summed E-state index contributed by atoms with van der Waals surface area (Å²) in [6.45, 7) is 0. The van der Waals surface area contributed by atoms with Crippen molar-refractivity contribution in [2.45, 2.75) is 0 Å². The lowest BCUT2D eigenvalue weighted by Gasteiger charge is -2.04. The fourth-order valence-corrected chi connectivity index (χ4v) is 1.19. The Labute approximate surface area is 103 Å². The number of methoxy groups -OCH3 is 1. The lowest BCUT2D eigenvalue weighted by Crippen LogP contribution is -2.26. The highest BCUT2D eigenvalue weighted by Crippen LogP contribution is 2.25. The van der Waals surface area contributed by atoms with E-state index < -0.39 is 5.97 Å². The summed E-state index contributed by atoms with van der Waals surface area (Å²) < 4.78 is 4.96. The molecule has 18 heavy (non-hydrogen) atoms. The molecule has 0 aromatic heterocycles. The van der Waals surface area contributed by atoms with Crippen LogP contribution in [0.4, 0.5) is 5.69 Å². The number of carboxylic acids is 1. The highest BCUT2D eigenvalue weighted by molar-refractivity contribution is 5.98. The molecule has 1 rings (SSSR count). The van der Waals surface area contributed by atoms with Gasteiger partial charge in [-0.25, -0.2) is 9.79 Å². The number of benzene rings is 1. The number of rotatable bonds is 3. The molecule has 0 radical (unpaired) electrons. The fourth-order valence-electron chi connectivity index (χ4n) is 1.19. The third kappa shape index (κ3) is 3.37. The molecule has 1 aromatic rings. The van der Waals surface area contributed by atoms with Gasteiger partial charge in [-0.05, 0) is 12.1 Å². The first kappa shape index (κ1) is 13.3. The summed E-state index contributed by atoms with van der Waals surface area (Å²) in [6.07, 6.45) is 0. The second-order valence-corrected chi connectivity index (χ2v) is 3.19. The SMILES string of the molecule is COc1ccc(C(=O)O)c(N=C(N)N=C(N)N)c1. The molecule has 0 aliphatic heterocycles. The normalized spacial score (nSPS) is 10.8. The van der Waals surface area contributed by atoms with Gasteiger partial charge < -0.3 is 27.0 Å². The van der Waals surface area contributed by atoms with Crippen LogP contribution in [-0.2, 0) is 0 Å². The van der Waals surface area contributed by atoms with Crippen molar-refractivity contribution in [1.29, 1.82) is 0 Å². The van der Waals surface area contributed by atoms with Crippen LogP contribution in [0.5, 0.6) is 5.75 Å². The smallest absolute Gasteiger partial charge is 0.337 e. The predicted molar refractivity (Wildman–Crippen MR) is 67.0 cm³/mol. The first-order valence-corrected chi connectivity index (χ1v) is 4.79. The average molecular weight is 251 g/mol. The number of hydrogen-bond donors (Lipinski definition) is 4. The maximum absolute atomic E-state index is 11.0. The second-order valence-electron chi connectivity index (χ2n) is 3.19. The molecule has 0 fully saturated rings. The molecule has 0 atom stereocenters. The first-order chi connectivity index (χ1) is 8.43. The van der Waals surface area contributed by atoms with Crippen LogP contribution in [0.2, 0.25) is 0 Å². The van der Waals surface area contributed by atoms with Crippen molar-refractivity contribution in [2.24, 2.45) is 27.2 Å². The zero-order valence-corrected chi connectivity index (χ0v) is 9.62. The Kier molecular flexibility index (Phi) is 4.08. The lowest BCUT2D eigenvalue weighted by molar-refractivity contribution is 0.0698. The Hall–Kier alpha value is -2.77. The summed E-state index contributed by atoms with van der Waals surface area (Å²) in [7, 11) is 1.45.